The molecule has 1 aliphatic rings. The van der Waals surface area contributed by atoms with Gasteiger partial charge in [0.15, 0.2) is 0 Å². The van der Waals surface area contributed by atoms with Crippen LogP contribution in [-0.2, 0) is 9.59 Å². The van der Waals surface area contributed by atoms with Crippen LogP contribution in [-0.4, -0.2) is 35.3 Å². The van der Waals surface area contributed by atoms with Crippen molar-refractivity contribution in [3.05, 3.63) is 0 Å². The first-order chi connectivity index (χ1) is 6.89. The Hall–Kier alpha value is -1.10. The average Bonchev–Trinajstić information content (AvgIpc) is 2.95. The maximum atomic E-state index is 12.0. The topological polar surface area (TPSA) is 89.4 Å². The van der Waals surface area contributed by atoms with Gasteiger partial charge in [0.25, 0.3) is 0 Å². The summed E-state index contributed by atoms with van der Waals surface area (Å²) in [5.74, 6) is -0.421. The molecule has 0 heterocycles. The van der Waals surface area contributed by atoms with Gasteiger partial charge >= 0.3 is 0 Å². The van der Waals surface area contributed by atoms with E-state index in [0.29, 0.717) is 6.54 Å². The average molecular weight is 213 g/mol. The molecule has 0 aromatic carbocycles. The summed E-state index contributed by atoms with van der Waals surface area (Å²) < 4.78 is 0. The second-order valence-electron chi connectivity index (χ2n) is 4.34. The van der Waals surface area contributed by atoms with Gasteiger partial charge in [0.1, 0.15) is 0 Å². The highest BCUT2D eigenvalue weighted by molar-refractivity contribution is 5.90. The molecule has 0 bridgehead atoms. The zero-order chi connectivity index (χ0) is 11.6. The Morgan fingerprint density at radius 3 is 2.33 bits per heavy atom. The first kappa shape index (κ1) is 12.0. The highest BCUT2D eigenvalue weighted by Crippen LogP contribution is 2.38. The van der Waals surface area contributed by atoms with Crippen LogP contribution in [0.25, 0.3) is 0 Å². The summed E-state index contributed by atoms with van der Waals surface area (Å²) in [6.45, 7) is 3.95. The predicted molar refractivity (Wildman–Crippen MR) is 56.8 cm³/mol. The molecule has 5 heteroatoms. The van der Waals surface area contributed by atoms with E-state index in [4.69, 9.17) is 11.5 Å². The quantitative estimate of drug-likeness (QED) is 0.642. The van der Waals surface area contributed by atoms with Gasteiger partial charge in [-0.05, 0) is 32.6 Å². The van der Waals surface area contributed by atoms with Gasteiger partial charge in [-0.15, -0.1) is 0 Å². The predicted octanol–water partition coefficient (Wildman–Crippen LogP) is -0.552. The lowest BCUT2D eigenvalue weighted by Gasteiger charge is -2.30. The molecule has 15 heavy (non-hydrogen) atoms. The summed E-state index contributed by atoms with van der Waals surface area (Å²) in [4.78, 5) is 24.2. The van der Waals surface area contributed by atoms with Gasteiger partial charge < -0.3 is 16.4 Å². The molecule has 0 spiro atoms. The van der Waals surface area contributed by atoms with Crippen molar-refractivity contribution < 1.29 is 9.59 Å². The Morgan fingerprint density at radius 1 is 1.47 bits per heavy atom. The molecule has 0 aliphatic heterocycles. The summed E-state index contributed by atoms with van der Waals surface area (Å²) in [6.07, 6.45) is 1.99. The molecule has 0 aromatic rings. The van der Waals surface area contributed by atoms with Crippen molar-refractivity contribution in [1.82, 2.24) is 4.90 Å². The van der Waals surface area contributed by atoms with Crippen LogP contribution in [0, 0.1) is 5.92 Å². The lowest BCUT2D eigenvalue weighted by Crippen LogP contribution is -2.56. The van der Waals surface area contributed by atoms with Crippen molar-refractivity contribution in [2.75, 3.05) is 13.1 Å². The number of hydrogen-bond acceptors (Lipinski definition) is 3. The van der Waals surface area contributed by atoms with Crippen molar-refractivity contribution in [2.24, 2.45) is 17.4 Å². The van der Waals surface area contributed by atoms with Crippen molar-refractivity contribution in [3.63, 3.8) is 0 Å². The van der Waals surface area contributed by atoms with E-state index in [9.17, 15) is 9.59 Å². The lowest BCUT2D eigenvalue weighted by atomic mass is 9.95. The third-order valence-corrected chi connectivity index (χ3v) is 2.90. The van der Waals surface area contributed by atoms with Crippen LogP contribution in [0.2, 0.25) is 0 Å². The molecule has 0 aromatic heterocycles. The summed E-state index contributed by atoms with van der Waals surface area (Å²) >= 11 is 0. The van der Waals surface area contributed by atoms with Gasteiger partial charge in [-0.25, -0.2) is 0 Å². The molecule has 0 radical (unpaired) electrons. The van der Waals surface area contributed by atoms with E-state index >= 15 is 0 Å². The Morgan fingerprint density at radius 2 is 2.00 bits per heavy atom. The van der Waals surface area contributed by atoms with Gasteiger partial charge in [-0.1, -0.05) is 0 Å². The second kappa shape index (κ2) is 4.18. The molecule has 1 unspecified atom stereocenters. The second-order valence-corrected chi connectivity index (χ2v) is 4.34. The molecule has 1 saturated carbocycles. The molecule has 5 nitrogen and oxygen atoms in total. The van der Waals surface area contributed by atoms with Crippen molar-refractivity contribution in [3.8, 4) is 0 Å². The van der Waals surface area contributed by atoms with Gasteiger partial charge in [0.2, 0.25) is 11.8 Å². The number of rotatable bonds is 5. The molecule has 1 fully saturated rings. The van der Waals surface area contributed by atoms with E-state index in [1.54, 1.807) is 6.92 Å². The van der Waals surface area contributed by atoms with Gasteiger partial charge in [0, 0.05) is 6.54 Å². The molecule has 2 amide bonds. The van der Waals surface area contributed by atoms with Crippen molar-refractivity contribution >= 4 is 11.8 Å². The fourth-order valence-electron chi connectivity index (χ4n) is 1.71. The number of carbonyl (C=O) groups is 2. The first-order valence-electron chi connectivity index (χ1n) is 5.26. The highest BCUT2D eigenvalue weighted by atomic mass is 16.2. The SMILES string of the molecule is CCN(CC(N)=O)C(=O)C(C)(N)C1CC1. The number of primary amides is 1. The zero-order valence-electron chi connectivity index (χ0n) is 9.32. The first-order valence-corrected chi connectivity index (χ1v) is 5.26. The number of hydrogen-bond donors (Lipinski definition) is 2. The van der Waals surface area contributed by atoms with E-state index in [2.05, 4.69) is 0 Å². The van der Waals surface area contributed by atoms with Crippen LogP contribution in [0.4, 0.5) is 0 Å². The number of amides is 2. The van der Waals surface area contributed by atoms with E-state index in [-0.39, 0.29) is 18.4 Å². The van der Waals surface area contributed by atoms with Crippen molar-refractivity contribution in [2.45, 2.75) is 32.2 Å². The van der Waals surface area contributed by atoms with Gasteiger partial charge in [-0.2, -0.15) is 0 Å². The number of nitrogens with zero attached hydrogens (tertiary/aromatic N) is 1. The minimum Gasteiger partial charge on any atom is -0.368 e. The lowest BCUT2D eigenvalue weighted by molar-refractivity contribution is -0.140. The third kappa shape index (κ3) is 2.68. The Labute approximate surface area is 89.8 Å². The molecular formula is C10H19N3O2. The van der Waals surface area contributed by atoms with E-state index in [1.807, 2.05) is 6.92 Å². The molecule has 4 N–H and O–H groups in total. The van der Waals surface area contributed by atoms with Crippen molar-refractivity contribution in [1.29, 1.82) is 0 Å². The zero-order valence-corrected chi connectivity index (χ0v) is 9.32. The maximum Gasteiger partial charge on any atom is 0.243 e. The van der Waals surface area contributed by atoms with E-state index in [1.165, 1.54) is 4.90 Å². The third-order valence-electron chi connectivity index (χ3n) is 2.90. The summed E-state index contributed by atoms with van der Waals surface area (Å²) in [7, 11) is 0. The van der Waals surface area contributed by atoms with Crippen LogP contribution < -0.4 is 11.5 Å². The van der Waals surface area contributed by atoms with Crippen LogP contribution in [0.15, 0.2) is 0 Å². The summed E-state index contributed by atoms with van der Waals surface area (Å²) in [5.41, 5.74) is 10.2. The Kier molecular flexibility index (Phi) is 3.34. The molecule has 1 rings (SSSR count). The fraction of sp³-hybridized carbons (Fsp3) is 0.800. The number of nitrogens with two attached hydrogens (primary N) is 2. The van der Waals surface area contributed by atoms with E-state index in [0.717, 1.165) is 12.8 Å². The van der Waals surface area contributed by atoms with Crippen LogP contribution in [0.1, 0.15) is 26.7 Å². The minimum absolute atomic E-state index is 0.0468. The van der Waals surface area contributed by atoms with Crippen LogP contribution in [0.5, 0.6) is 0 Å². The normalized spacial score (nSPS) is 19.4. The summed E-state index contributed by atoms with van der Waals surface area (Å²) in [6, 6.07) is 0. The number of carbonyl (C=O) groups excluding carboxylic acids is 2. The van der Waals surface area contributed by atoms with E-state index < -0.39 is 11.4 Å². The Balaban J connectivity index is 2.66. The Bertz CT molecular complexity index is 272. The smallest absolute Gasteiger partial charge is 0.243 e. The van der Waals surface area contributed by atoms with Gasteiger partial charge in [-0.3, -0.25) is 9.59 Å². The molecule has 1 aliphatic carbocycles. The molecular weight excluding hydrogens is 194 g/mol. The number of likely N-dealkylation sites (N-methyl/N-ethyl adjacent to an activating group) is 1. The monoisotopic (exact) mass is 213 g/mol. The fourth-order valence-corrected chi connectivity index (χ4v) is 1.71. The highest BCUT2D eigenvalue weighted by Gasteiger charge is 2.45. The van der Waals surface area contributed by atoms with Crippen LogP contribution in [0.3, 0.4) is 0 Å². The maximum absolute atomic E-state index is 12.0. The largest absolute Gasteiger partial charge is 0.368 e. The molecule has 86 valence electrons. The summed E-state index contributed by atoms with van der Waals surface area (Å²) in [5, 5.41) is 0. The van der Waals surface area contributed by atoms with Gasteiger partial charge in [0.05, 0.1) is 12.1 Å². The van der Waals surface area contributed by atoms with Crippen LogP contribution >= 0.6 is 0 Å². The molecule has 0 saturated heterocycles. The minimum atomic E-state index is -0.842. The standard InChI is InChI=1S/C10H19N3O2/c1-3-13(6-8(11)14)9(15)10(2,12)7-4-5-7/h7H,3-6,12H2,1-2H3,(H2,11,14). The molecule has 1 atom stereocenters.